The minimum atomic E-state index is -0.304. The first-order chi connectivity index (χ1) is 12.7. The molecule has 5 nitrogen and oxygen atoms in total. The second-order valence-electron chi connectivity index (χ2n) is 5.69. The number of nitrogens with zero attached hydrogens (tertiary/aromatic N) is 1. The summed E-state index contributed by atoms with van der Waals surface area (Å²) in [6, 6.07) is 15.2. The van der Waals surface area contributed by atoms with Gasteiger partial charge >= 0.3 is 0 Å². The number of carbonyl (C=O) groups is 1. The van der Waals surface area contributed by atoms with E-state index in [1.165, 1.54) is 0 Å². The summed E-state index contributed by atoms with van der Waals surface area (Å²) in [4.78, 5) is 18.2. The minimum Gasteiger partial charge on any atom is -0.497 e. The van der Waals surface area contributed by atoms with Crippen LogP contribution < -0.4 is 14.8 Å². The molecule has 2 heterocycles. The molecule has 0 aliphatic rings. The molecule has 0 fully saturated rings. The van der Waals surface area contributed by atoms with Gasteiger partial charge < -0.3 is 14.8 Å². The maximum atomic E-state index is 13.0. The lowest BCUT2D eigenvalue weighted by Crippen LogP contribution is -2.23. The molecule has 0 aliphatic heterocycles. The summed E-state index contributed by atoms with van der Waals surface area (Å²) in [5.41, 5.74) is 1.58. The average molecular weight is 368 g/mol. The molecule has 3 rings (SSSR count). The Morgan fingerprint density at radius 2 is 1.92 bits per heavy atom. The van der Waals surface area contributed by atoms with Crippen molar-refractivity contribution in [2.75, 3.05) is 19.5 Å². The molecule has 1 atom stereocenters. The predicted molar refractivity (Wildman–Crippen MR) is 103 cm³/mol. The van der Waals surface area contributed by atoms with Crippen molar-refractivity contribution in [3.8, 4) is 11.6 Å². The third kappa shape index (κ3) is 4.40. The Kier molecular flexibility index (Phi) is 5.86. The monoisotopic (exact) mass is 368 g/mol. The lowest BCUT2D eigenvalue weighted by atomic mass is 9.94. The topological polar surface area (TPSA) is 60.5 Å². The smallest absolute Gasteiger partial charge is 0.232 e. The minimum absolute atomic E-state index is 0.0736. The molecular formula is C20H20N2O3S. The summed E-state index contributed by atoms with van der Waals surface area (Å²) in [7, 11) is 3.18. The Hall–Kier alpha value is -2.86. The van der Waals surface area contributed by atoms with Crippen LogP contribution in [0, 0.1) is 0 Å². The highest BCUT2D eigenvalue weighted by Gasteiger charge is 2.22. The SMILES string of the molecule is COc1ccc(C(Cc2cccs2)C(=O)Nc2ccc(OC)nc2)cc1. The highest BCUT2D eigenvalue weighted by molar-refractivity contribution is 7.09. The average Bonchev–Trinajstić information content (AvgIpc) is 3.20. The summed E-state index contributed by atoms with van der Waals surface area (Å²) in [6.45, 7) is 0. The van der Waals surface area contributed by atoms with Gasteiger partial charge in [-0.05, 0) is 41.6 Å². The van der Waals surface area contributed by atoms with E-state index < -0.39 is 0 Å². The number of benzene rings is 1. The van der Waals surface area contributed by atoms with Crippen LogP contribution in [-0.2, 0) is 11.2 Å². The van der Waals surface area contributed by atoms with E-state index in [1.54, 1.807) is 43.9 Å². The second kappa shape index (κ2) is 8.49. The standard InChI is InChI=1S/C20H20N2O3S/c1-24-16-8-5-14(6-9-16)18(12-17-4-3-11-26-17)20(23)22-15-7-10-19(25-2)21-13-15/h3-11,13,18H,12H2,1-2H3,(H,22,23). The Balaban J connectivity index is 1.81. The summed E-state index contributed by atoms with van der Waals surface area (Å²) in [6.07, 6.45) is 2.23. The quantitative estimate of drug-likeness (QED) is 0.681. The van der Waals surface area contributed by atoms with Gasteiger partial charge in [-0.15, -0.1) is 11.3 Å². The van der Waals surface area contributed by atoms with Gasteiger partial charge in [-0.1, -0.05) is 18.2 Å². The molecule has 26 heavy (non-hydrogen) atoms. The Morgan fingerprint density at radius 3 is 2.50 bits per heavy atom. The Bertz CT molecular complexity index is 831. The number of nitrogens with one attached hydrogen (secondary N) is 1. The molecule has 0 radical (unpaired) electrons. The van der Waals surface area contributed by atoms with Crippen LogP contribution in [0.4, 0.5) is 5.69 Å². The van der Waals surface area contributed by atoms with Crippen molar-refractivity contribution in [3.05, 3.63) is 70.5 Å². The fourth-order valence-corrected chi connectivity index (χ4v) is 3.38. The van der Waals surface area contributed by atoms with Gasteiger partial charge in [0, 0.05) is 10.9 Å². The normalized spacial score (nSPS) is 11.6. The number of methoxy groups -OCH3 is 2. The van der Waals surface area contributed by atoms with Gasteiger partial charge in [-0.2, -0.15) is 0 Å². The van der Waals surface area contributed by atoms with E-state index in [0.717, 1.165) is 16.2 Å². The number of pyridine rings is 1. The first kappa shape index (κ1) is 17.9. The number of anilines is 1. The fraction of sp³-hybridized carbons (Fsp3) is 0.200. The van der Waals surface area contributed by atoms with Crippen LogP contribution >= 0.6 is 11.3 Å². The number of amides is 1. The number of ether oxygens (including phenoxy) is 2. The number of hydrogen-bond acceptors (Lipinski definition) is 5. The van der Waals surface area contributed by atoms with Crippen LogP contribution in [-0.4, -0.2) is 25.1 Å². The zero-order valence-corrected chi connectivity index (χ0v) is 15.5. The van der Waals surface area contributed by atoms with Crippen molar-refractivity contribution in [1.82, 2.24) is 4.98 Å². The van der Waals surface area contributed by atoms with E-state index in [4.69, 9.17) is 9.47 Å². The van der Waals surface area contributed by atoms with Gasteiger partial charge in [-0.3, -0.25) is 4.79 Å². The molecule has 0 bridgehead atoms. The van der Waals surface area contributed by atoms with E-state index in [0.29, 0.717) is 18.0 Å². The Labute approximate surface area is 156 Å². The van der Waals surface area contributed by atoms with Crippen molar-refractivity contribution in [2.24, 2.45) is 0 Å². The zero-order chi connectivity index (χ0) is 18.4. The molecule has 1 unspecified atom stereocenters. The number of aromatic nitrogens is 1. The molecule has 0 saturated heterocycles. The fourth-order valence-electron chi connectivity index (χ4n) is 2.63. The molecule has 1 aromatic carbocycles. The molecule has 1 amide bonds. The first-order valence-corrected chi connectivity index (χ1v) is 9.05. The van der Waals surface area contributed by atoms with Gasteiger partial charge in [-0.25, -0.2) is 4.98 Å². The van der Waals surface area contributed by atoms with Crippen molar-refractivity contribution in [2.45, 2.75) is 12.3 Å². The third-order valence-electron chi connectivity index (χ3n) is 4.03. The van der Waals surface area contributed by atoms with Gasteiger partial charge in [0.1, 0.15) is 5.75 Å². The molecule has 6 heteroatoms. The van der Waals surface area contributed by atoms with Gasteiger partial charge in [0.15, 0.2) is 0 Å². The maximum absolute atomic E-state index is 13.0. The first-order valence-electron chi connectivity index (χ1n) is 8.17. The highest BCUT2D eigenvalue weighted by Crippen LogP contribution is 2.27. The van der Waals surface area contributed by atoms with E-state index in [-0.39, 0.29) is 11.8 Å². The van der Waals surface area contributed by atoms with Crippen LogP contribution in [0.2, 0.25) is 0 Å². The number of carbonyl (C=O) groups excluding carboxylic acids is 1. The van der Waals surface area contributed by atoms with Gasteiger partial charge in [0.2, 0.25) is 11.8 Å². The molecule has 0 spiro atoms. The largest absolute Gasteiger partial charge is 0.497 e. The predicted octanol–water partition coefficient (Wildman–Crippen LogP) is 4.13. The number of hydrogen-bond donors (Lipinski definition) is 1. The van der Waals surface area contributed by atoms with Crippen LogP contribution in [0.5, 0.6) is 11.6 Å². The third-order valence-corrected chi connectivity index (χ3v) is 4.93. The molecular weight excluding hydrogens is 348 g/mol. The molecule has 3 aromatic rings. The van der Waals surface area contributed by atoms with E-state index >= 15 is 0 Å². The summed E-state index contributed by atoms with van der Waals surface area (Å²) in [5.74, 6) is 0.897. The van der Waals surface area contributed by atoms with Gasteiger partial charge in [0.05, 0.1) is 32.0 Å². The summed E-state index contributed by atoms with van der Waals surface area (Å²) < 4.78 is 10.3. The Morgan fingerprint density at radius 1 is 1.12 bits per heavy atom. The number of thiophene rings is 1. The lowest BCUT2D eigenvalue weighted by Gasteiger charge is -2.17. The van der Waals surface area contributed by atoms with Crippen molar-refractivity contribution >= 4 is 22.9 Å². The molecule has 0 aliphatic carbocycles. The molecule has 0 saturated carbocycles. The van der Waals surface area contributed by atoms with E-state index in [2.05, 4.69) is 10.3 Å². The van der Waals surface area contributed by atoms with Crippen LogP contribution in [0.25, 0.3) is 0 Å². The lowest BCUT2D eigenvalue weighted by molar-refractivity contribution is -0.117. The second-order valence-corrected chi connectivity index (χ2v) is 6.72. The maximum Gasteiger partial charge on any atom is 0.232 e. The van der Waals surface area contributed by atoms with Crippen molar-refractivity contribution in [3.63, 3.8) is 0 Å². The molecule has 1 N–H and O–H groups in total. The summed E-state index contributed by atoms with van der Waals surface area (Å²) >= 11 is 1.65. The molecule has 2 aromatic heterocycles. The highest BCUT2D eigenvalue weighted by atomic mass is 32.1. The van der Waals surface area contributed by atoms with E-state index in [9.17, 15) is 4.79 Å². The van der Waals surface area contributed by atoms with Gasteiger partial charge in [0.25, 0.3) is 0 Å². The van der Waals surface area contributed by atoms with Crippen LogP contribution in [0.1, 0.15) is 16.4 Å². The zero-order valence-electron chi connectivity index (χ0n) is 14.6. The van der Waals surface area contributed by atoms with Crippen LogP contribution in [0.15, 0.2) is 60.1 Å². The number of rotatable bonds is 7. The van der Waals surface area contributed by atoms with Crippen molar-refractivity contribution in [1.29, 1.82) is 0 Å². The van der Waals surface area contributed by atoms with Crippen molar-refractivity contribution < 1.29 is 14.3 Å². The summed E-state index contributed by atoms with van der Waals surface area (Å²) in [5, 5.41) is 4.97. The van der Waals surface area contributed by atoms with Crippen LogP contribution in [0.3, 0.4) is 0 Å². The molecule has 134 valence electrons. The van der Waals surface area contributed by atoms with E-state index in [1.807, 2.05) is 41.8 Å².